The Morgan fingerprint density at radius 1 is 1.35 bits per heavy atom. The number of allylic oxidation sites excluding steroid dienone is 3. The van der Waals surface area contributed by atoms with E-state index in [0.29, 0.717) is 0 Å². The van der Waals surface area contributed by atoms with Crippen molar-refractivity contribution in [2.75, 3.05) is 0 Å². The molecular formula is C13H18N2O5. The van der Waals surface area contributed by atoms with Crippen molar-refractivity contribution in [1.29, 1.82) is 0 Å². The Bertz CT molecular complexity index is 495. The molecule has 0 heterocycles. The molecule has 6 N–H and O–H groups in total. The largest absolute Gasteiger partial charge is 0.481 e. The molecule has 20 heavy (non-hydrogen) atoms. The van der Waals surface area contributed by atoms with E-state index in [1.165, 1.54) is 19.1 Å². The number of aliphatic carboxylic acids is 2. The smallest absolute Gasteiger partial charge is 0.324 e. The van der Waals surface area contributed by atoms with Crippen molar-refractivity contribution in [3.8, 4) is 0 Å². The molecule has 0 aromatic heterocycles. The number of nitrogens with two attached hydrogens (primary N) is 2. The van der Waals surface area contributed by atoms with E-state index in [-0.39, 0.29) is 6.42 Å². The fourth-order valence-corrected chi connectivity index (χ4v) is 2.25. The Kier molecular flexibility index (Phi) is 4.46. The molecule has 0 saturated heterocycles. The number of carboxylic acid groups (broad SMARTS) is 2. The van der Waals surface area contributed by atoms with Gasteiger partial charge in [-0.1, -0.05) is 24.3 Å². The van der Waals surface area contributed by atoms with Crippen LogP contribution in [0, 0.1) is 5.41 Å². The molecule has 3 atom stereocenters. The molecule has 1 aliphatic carbocycles. The van der Waals surface area contributed by atoms with Crippen LogP contribution in [-0.4, -0.2) is 39.5 Å². The van der Waals surface area contributed by atoms with E-state index in [9.17, 15) is 19.5 Å². The lowest BCUT2D eigenvalue weighted by molar-refractivity contribution is -0.152. The van der Waals surface area contributed by atoms with Crippen LogP contribution in [0.4, 0.5) is 0 Å². The van der Waals surface area contributed by atoms with Gasteiger partial charge in [-0.05, 0) is 13.3 Å². The first-order valence-electron chi connectivity index (χ1n) is 6.03. The highest BCUT2D eigenvalue weighted by atomic mass is 16.4. The van der Waals surface area contributed by atoms with Gasteiger partial charge in [0.2, 0.25) is 0 Å². The number of carbonyl (C=O) groups excluding carboxylic acids is 1. The van der Waals surface area contributed by atoms with Crippen molar-refractivity contribution in [2.24, 2.45) is 16.9 Å². The molecule has 0 spiro atoms. The second-order valence-electron chi connectivity index (χ2n) is 5.04. The van der Waals surface area contributed by atoms with Gasteiger partial charge in [0.15, 0.2) is 5.78 Å². The van der Waals surface area contributed by atoms with Crippen LogP contribution >= 0.6 is 0 Å². The first kappa shape index (κ1) is 16.1. The zero-order valence-corrected chi connectivity index (χ0v) is 11.1. The van der Waals surface area contributed by atoms with Crippen LogP contribution in [0.15, 0.2) is 24.3 Å². The van der Waals surface area contributed by atoms with Gasteiger partial charge in [-0.15, -0.1) is 0 Å². The van der Waals surface area contributed by atoms with E-state index < -0.39 is 41.1 Å². The third kappa shape index (κ3) is 2.63. The van der Waals surface area contributed by atoms with Crippen LogP contribution in [0.5, 0.6) is 0 Å². The molecule has 0 aliphatic heterocycles. The third-order valence-corrected chi connectivity index (χ3v) is 3.61. The summed E-state index contributed by atoms with van der Waals surface area (Å²) in [5.41, 5.74) is 7.98. The number of carboxylic acids is 2. The molecule has 1 aliphatic rings. The summed E-state index contributed by atoms with van der Waals surface area (Å²) in [5, 5.41) is 18.0. The van der Waals surface area contributed by atoms with Gasteiger partial charge >= 0.3 is 11.9 Å². The molecule has 0 amide bonds. The summed E-state index contributed by atoms with van der Waals surface area (Å²) in [6.07, 6.45) is 5.67. The summed E-state index contributed by atoms with van der Waals surface area (Å²) in [5.74, 6) is -3.27. The van der Waals surface area contributed by atoms with E-state index in [4.69, 9.17) is 16.6 Å². The monoisotopic (exact) mass is 282 g/mol. The van der Waals surface area contributed by atoms with Crippen molar-refractivity contribution in [1.82, 2.24) is 0 Å². The zero-order chi connectivity index (χ0) is 15.6. The lowest BCUT2D eigenvalue weighted by Gasteiger charge is -2.41. The number of carbonyl (C=O) groups is 3. The molecule has 7 heteroatoms. The summed E-state index contributed by atoms with van der Waals surface area (Å²) in [6, 6.07) is -1.31. The third-order valence-electron chi connectivity index (χ3n) is 3.61. The van der Waals surface area contributed by atoms with E-state index in [1.807, 2.05) is 0 Å². The number of Topliss-reactive ketones (excluding diaryl/α,β-unsaturated/α-hetero) is 1. The molecule has 0 bridgehead atoms. The van der Waals surface area contributed by atoms with Gasteiger partial charge in [0.1, 0.15) is 5.54 Å². The maximum atomic E-state index is 12.5. The van der Waals surface area contributed by atoms with Crippen molar-refractivity contribution >= 4 is 17.7 Å². The Morgan fingerprint density at radius 3 is 2.35 bits per heavy atom. The van der Waals surface area contributed by atoms with Crippen LogP contribution in [0.1, 0.15) is 19.8 Å². The summed E-state index contributed by atoms with van der Waals surface area (Å²) >= 11 is 0. The second kappa shape index (κ2) is 5.56. The molecule has 1 rings (SSSR count). The Morgan fingerprint density at radius 2 is 1.95 bits per heavy atom. The minimum Gasteiger partial charge on any atom is -0.481 e. The normalized spacial score (nSPS) is 25.8. The zero-order valence-electron chi connectivity index (χ0n) is 11.1. The lowest BCUT2D eigenvalue weighted by Crippen LogP contribution is -2.64. The SMILES string of the molecule is C[C@](N)(C(=O)O)C1(C(=O)[C@@H](N)CC(=O)O)C=CC=CC1. The van der Waals surface area contributed by atoms with Crippen LogP contribution in [-0.2, 0) is 14.4 Å². The van der Waals surface area contributed by atoms with Gasteiger partial charge < -0.3 is 21.7 Å². The fourth-order valence-electron chi connectivity index (χ4n) is 2.25. The average Bonchev–Trinajstić information content (AvgIpc) is 2.37. The van der Waals surface area contributed by atoms with Gasteiger partial charge in [0, 0.05) is 0 Å². The van der Waals surface area contributed by atoms with E-state index >= 15 is 0 Å². The van der Waals surface area contributed by atoms with Crippen molar-refractivity contribution in [3.63, 3.8) is 0 Å². The minimum atomic E-state index is -1.89. The number of hydrogen-bond donors (Lipinski definition) is 4. The summed E-state index contributed by atoms with van der Waals surface area (Å²) in [4.78, 5) is 34.5. The van der Waals surface area contributed by atoms with E-state index in [2.05, 4.69) is 0 Å². The number of ketones is 1. The van der Waals surface area contributed by atoms with E-state index in [0.717, 1.165) is 0 Å². The molecule has 0 aromatic rings. The molecule has 0 aromatic carbocycles. The summed E-state index contributed by atoms with van der Waals surface area (Å²) in [7, 11) is 0. The Hall–Kier alpha value is -1.99. The highest BCUT2D eigenvalue weighted by molar-refractivity contribution is 6.00. The molecule has 0 fully saturated rings. The first-order valence-corrected chi connectivity index (χ1v) is 6.03. The maximum absolute atomic E-state index is 12.5. The van der Waals surface area contributed by atoms with Crippen LogP contribution < -0.4 is 11.5 Å². The van der Waals surface area contributed by atoms with Crippen molar-refractivity contribution in [3.05, 3.63) is 24.3 Å². The predicted octanol–water partition coefficient (Wildman–Crippen LogP) is -0.338. The standard InChI is InChI=1S/C13H18N2O5/c1-12(15,11(19)20)13(5-3-2-4-6-13)10(18)8(14)7-9(16)17/h2-5,8H,6-7,14-15H2,1H3,(H,16,17)(H,19,20)/t8-,12-,13?/m0/s1. The molecule has 1 unspecified atom stereocenters. The van der Waals surface area contributed by atoms with Gasteiger partial charge in [0.25, 0.3) is 0 Å². The minimum absolute atomic E-state index is 0.0644. The lowest BCUT2D eigenvalue weighted by atomic mass is 9.62. The Balaban J connectivity index is 3.23. The Labute approximate surface area is 115 Å². The van der Waals surface area contributed by atoms with E-state index in [1.54, 1.807) is 12.2 Å². The first-order chi connectivity index (χ1) is 9.15. The number of hydrogen-bond acceptors (Lipinski definition) is 5. The maximum Gasteiger partial charge on any atom is 0.324 e. The van der Waals surface area contributed by atoms with Crippen molar-refractivity contribution in [2.45, 2.75) is 31.3 Å². The van der Waals surface area contributed by atoms with Crippen LogP contribution in [0.3, 0.4) is 0 Å². The molecule has 0 radical (unpaired) electrons. The van der Waals surface area contributed by atoms with Gasteiger partial charge in [0.05, 0.1) is 17.9 Å². The summed E-state index contributed by atoms with van der Waals surface area (Å²) in [6.45, 7) is 1.23. The topological polar surface area (TPSA) is 144 Å². The van der Waals surface area contributed by atoms with Crippen LogP contribution in [0.25, 0.3) is 0 Å². The average molecular weight is 282 g/mol. The molecular weight excluding hydrogens is 264 g/mol. The fraction of sp³-hybridized carbons (Fsp3) is 0.462. The summed E-state index contributed by atoms with van der Waals surface area (Å²) < 4.78 is 0. The second-order valence-corrected chi connectivity index (χ2v) is 5.04. The predicted molar refractivity (Wildman–Crippen MR) is 70.8 cm³/mol. The van der Waals surface area contributed by atoms with Crippen LogP contribution in [0.2, 0.25) is 0 Å². The van der Waals surface area contributed by atoms with Gasteiger partial charge in [-0.2, -0.15) is 0 Å². The van der Waals surface area contributed by atoms with Crippen molar-refractivity contribution < 1.29 is 24.6 Å². The number of rotatable bonds is 6. The molecule has 0 saturated carbocycles. The highest BCUT2D eigenvalue weighted by Gasteiger charge is 2.55. The molecule has 7 nitrogen and oxygen atoms in total. The quantitative estimate of drug-likeness (QED) is 0.521. The van der Waals surface area contributed by atoms with Gasteiger partial charge in [-0.3, -0.25) is 14.4 Å². The highest BCUT2D eigenvalue weighted by Crippen LogP contribution is 2.40. The van der Waals surface area contributed by atoms with Gasteiger partial charge in [-0.25, -0.2) is 0 Å². The molecule has 110 valence electrons.